The smallest absolute Gasteiger partial charge is 0.242 e. The fraction of sp³-hybridized carbons (Fsp3) is 0.407. The van der Waals surface area contributed by atoms with Crippen LogP contribution in [0.1, 0.15) is 19.7 Å². The fourth-order valence-electron chi connectivity index (χ4n) is 4.77. The SMILES string of the molecule is CC(C)[C@@H]1Nc2nc(nc3ccccc23)CN2CCN(C(=O)CSc3ccccc3)CC2CNC1=O. The first-order valence-corrected chi connectivity index (χ1v) is 13.5. The van der Waals surface area contributed by atoms with E-state index in [1.165, 1.54) is 0 Å². The molecule has 1 fully saturated rings. The molecule has 0 spiro atoms. The summed E-state index contributed by atoms with van der Waals surface area (Å²) in [6.45, 7) is 7.00. The molecule has 8 nitrogen and oxygen atoms in total. The molecule has 2 aliphatic rings. The van der Waals surface area contributed by atoms with Crippen LogP contribution in [0.25, 0.3) is 10.9 Å². The van der Waals surface area contributed by atoms with Gasteiger partial charge in [0.1, 0.15) is 17.7 Å². The number of para-hydroxylation sites is 1. The second kappa shape index (κ2) is 10.8. The Balaban J connectivity index is 1.37. The van der Waals surface area contributed by atoms with E-state index in [0.717, 1.165) is 21.6 Å². The molecule has 3 aromatic rings. The van der Waals surface area contributed by atoms with Crippen molar-refractivity contribution in [1.29, 1.82) is 0 Å². The Morgan fingerprint density at radius 3 is 2.67 bits per heavy atom. The third kappa shape index (κ3) is 5.47. The first kappa shape index (κ1) is 24.5. The van der Waals surface area contributed by atoms with Gasteiger partial charge in [-0.2, -0.15) is 0 Å². The molecule has 36 heavy (non-hydrogen) atoms. The number of nitrogens with zero attached hydrogens (tertiary/aromatic N) is 4. The molecule has 1 unspecified atom stereocenters. The summed E-state index contributed by atoms with van der Waals surface area (Å²) >= 11 is 1.56. The molecule has 2 aliphatic heterocycles. The van der Waals surface area contributed by atoms with Crippen molar-refractivity contribution in [3.8, 4) is 0 Å². The molecule has 0 radical (unpaired) electrons. The molecular weight excluding hydrogens is 472 g/mol. The largest absolute Gasteiger partial charge is 0.358 e. The maximum Gasteiger partial charge on any atom is 0.242 e. The van der Waals surface area contributed by atoms with Crippen LogP contribution >= 0.6 is 11.8 Å². The highest BCUT2D eigenvalue weighted by Gasteiger charge is 2.32. The Morgan fingerprint density at radius 2 is 1.86 bits per heavy atom. The lowest BCUT2D eigenvalue weighted by Gasteiger charge is -2.41. The molecule has 9 heteroatoms. The topological polar surface area (TPSA) is 90.5 Å². The van der Waals surface area contributed by atoms with E-state index >= 15 is 0 Å². The number of amides is 2. The number of hydrogen-bond donors (Lipinski definition) is 2. The molecule has 2 N–H and O–H groups in total. The van der Waals surface area contributed by atoms with Gasteiger partial charge >= 0.3 is 0 Å². The Labute approximate surface area is 215 Å². The summed E-state index contributed by atoms with van der Waals surface area (Å²) < 4.78 is 0. The second-order valence-electron chi connectivity index (χ2n) is 9.68. The molecule has 2 atom stereocenters. The number of piperazine rings is 1. The number of carbonyl (C=O) groups is 2. The molecule has 1 saturated heterocycles. The first-order valence-electron chi connectivity index (χ1n) is 12.5. The van der Waals surface area contributed by atoms with E-state index in [0.29, 0.717) is 44.3 Å². The van der Waals surface area contributed by atoms with Gasteiger partial charge in [0.15, 0.2) is 0 Å². The molecule has 0 aliphatic carbocycles. The summed E-state index contributed by atoms with van der Waals surface area (Å²) in [4.78, 5) is 41.3. The Bertz CT molecular complexity index is 1240. The first-order chi connectivity index (χ1) is 17.5. The van der Waals surface area contributed by atoms with E-state index < -0.39 is 6.04 Å². The van der Waals surface area contributed by atoms with Crippen molar-refractivity contribution in [3.05, 3.63) is 60.4 Å². The van der Waals surface area contributed by atoms with Crippen molar-refractivity contribution >= 4 is 40.3 Å². The van der Waals surface area contributed by atoms with Crippen molar-refractivity contribution in [2.75, 3.05) is 37.2 Å². The van der Waals surface area contributed by atoms with Gasteiger partial charge in [0, 0.05) is 42.5 Å². The van der Waals surface area contributed by atoms with Crippen LogP contribution in [-0.4, -0.2) is 75.6 Å². The van der Waals surface area contributed by atoms with Gasteiger partial charge < -0.3 is 15.5 Å². The van der Waals surface area contributed by atoms with Gasteiger partial charge in [-0.3, -0.25) is 14.5 Å². The maximum absolute atomic E-state index is 13.2. The third-order valence-corrected chi connectivity index (χ3v) is 7.81. The summed E-state index contributed by atoms with van der Waals surface area (Å²) in [5, 5.41) is 7.46. The Morgan fingerprint density at radius 1 is 1.08 bits per heavy atom. The van der Waals surface area contributed by atoms with Gasteiger partial charge in [0.2, 0.25) is 11.8 Å². The zero-order valence-corrected chi connectivity index (χ0v) is 21.5. The molecule has 188 valence electrons. The van der Waals surface area contributed by atoms with Crippen molar-refractivity contribution in [1.82, 2.24) is 25.1 Å². The molecule has 5 rings (SSSR count). The standard InChI is InChI=1S/C27H32N6O2S/c1-18(2)25-27(35)28-14-19-15-33(24(34)17-36-20-8-4-3-5-9-20)13-12-32(19)16-23-29-22-11-7-6-10-21(22)26(30-23)31-25/h3-11,18-19,25H,12-17H2,1-2H3,(H,28,35)(H,29,30,31)/t19?,25-/m0/s1. The molecule has 2 amide bonds. The minimum Gasteiger partial charge on any atom is -0.358 e. The van der Waals surface area contributed by atoms with Crippen LogP contribution in [0.4, 0.5) is 5.82 Å². The predicted molar refractivity (Wildman–Crippen MR) is 143 cm³/mol. The van der Waals surface area contributed by atoms with E-state index in [4.69, 9.17) is 9.97 Å². The quantitative estimate of drug-likeness (QED) is 0.528. The minimum atomic E-state index is -0.425. The number of hydrogen-bond acceptors (Lipinski definition) is 7. The average Bonchev–Trinajstić information content (AvgIpc) is 2.91. The van der Waals surface area contributed by atoms with Crippen LogP contribution in [0.3, 0.4) is 0 Å². The van der Waals surface area contributed by atoms with Crippen molar-refractivity contribution in [2.45, 2.75) is 37.4 Å². The molecule has 2 aromatic carbocycles. The molecule has 1 aromatic heterocycles. The minimum absolute atomic E-state index is 0.0159. The van der Waals surface area contributed by atoms with Crippen molar-refractivity contribution in [3.63, 3.8) is 0 Å². The lowest BCUT2D eigenvalue weighted by atomic mass is 10.0. The van der Waals surface area contributed by atoms with Crippen molar-refractivity contribution < 1.29 is 9.59 Å². The number of fused-ring (bicyclic) bond motifs is 5. The van der Waals surface area contributed by atoms with Gasteiger partial charge in [0.05, 0.1) is 17.8 Å². The number of anilines is 1. The van der Waals surface area contributed by atoms with E-state index in [-0.39, 0.29) is 23.8 Å². The van der Waals surface area contributed by atoms with Gasteiger partial charge in [-0.05, 0) is 30.2 Å². The molecule has 3 heterocycles. The maximum atomic E-state index is 13.2. The number of thioether (sulfide) groups is 1. The van der Waals surface area contributed by atoms with E-state index in [1.54, 1.807) is 11.8 Å². The molecule has 2 bridgehead atoms. The van der Waals surface area contributed by atoms with Crippen LogP contribution in [0.15, 0.2) is 59.5 Å². The van der Waals surface area contributed by atoms with Gasteiger partial charge in [-0.1, -0.05) is 44.2 Å². The molecular formula is C27H32N6O2S. The average molecular weight is 505 g/mol. The lowest BCUT2D eigenvalue weighted by molar-refractivity contribution is -0.131. The van der Waals surface area contributed by atoms with Crippen LogP contribution < -0.4 is 10.6 Å². The summed E-state index contributed by atoms with van der Waals surface area (Å²) in [5.74, 6) is 1.94. The Kier molecular flexibility index (Phi) is 7.38. The highest BCUT2D eigenvalue weighted by atomic mass is 32.2. The lowest BCUT2D eigenvalue weighted by Crippen LogP contribution is -2.58. The van der Waals surface area contributed by atoms with Gasteiger partial charge in [-0.25, -0.2) is 9.97 Å². The van der Waals surface area contributed by atoms with Gasteiger partial charge in [-0.15, -0.1) is 11.8 Å². The Hall–Kier alpha value is -3.17. The normalized spacial score (nSPS) is 20.9. The second-order valence-corrected chi connectivity index (χ2v) is 10.7. The van der Waals surface area contributed by atoms with Gasteiger partial charge in [0.25, 0.3) is 0 Å². The number of aromatic nitrogens is 2. The number of carbonyl (C=O) groups excluding carboxylic acids is 2. The fourth-order valence-corrected chi connectivity index (χ4v) is 5.59. The summed E-state index contributed by atoms with van der Waals surface area (Å²) in [6, 6.07) is 17.4. The third-order valence-electron chi connectivity index (χ3n) is 6.81. The molecule has 0 saturated carbocycles. The van der Waals surface area contributed by atoms with E-state index in [1.807, 2.05) is 73.3 Å². The predicted octanol–water partition coefficient (Wildman–Crippen LogP) is 3.00. The summed E-state index contributed by atoms with van der Waals surface area (Å²) in [5.41, 5.74) is 0.857. The number of rotatable bonds is 4. The highest BCUT2D eigenvalue weighted by Crippen LogP contribution is 2.25. The summed E-state index contributed by atoms with van der Waals surface area (Å²) in [6.07, 6.45) is 0. The summed E-state index contributed by atoms with van der Waals surface area (Å²) in [7, 11) is 0. The van der Waals surface area contributed by atoms with Crippen molar-refractivity contribution in [2.24, 2.45) is 5.92 Å². The highest BCUT2D eigenvalue weighted by molar-refractivity contribution is 8.00. The zero-order chi connectivity index (χ0) is 25.1. The van der Waals surface area contributed by atoms with Crippen LogP contribution in [0, 0.1) is 5.92 Å². The zero-order valence-electron chi connectivity index (χ0n) is 20.7. The van der Waals surface area contributed by atoms with Crippen LogP contribution in [0.5, 0.6) is 0 Å². The van der Waals surface area contributed by atoms with E-state index in [9.17, 15) is 9.59 Å². The van der Waals surface area contributed by atoms with E-state index in [2.05, 4.69) is 15.5 Å². The number of benzene rings is 2. The number of nitrogens with one attached hydrogen (secondary N) is 2. The van der Waals surface area contributed by atoms with Crippen LogP contribution in [0.2, 0.25) is 0 Å². The van der Waals surface area contributed by atoms with Crippen LogP contribution in [-0.2, 0) is 16.1 Å². The monoisotopic (exact) mass is 504 g/mol.